The predicted molar refractivity (Wildman–Crippen MR) is 89.0 cm³/mol. The summed E-state index contributed by atoms with van der Waals surface area (Å²) in [4.78, 5) is 39.1. The fourth-order valence-electron chi connectivity index (χ4n) is 5.09. The number of hydrogen-bond acceptors (Lipinski definition) is 5. The molecular weight excluding hydrogens is 320 g/mol. The number of carbonyl (C=O) groups is 3. The van der Waals surface area contributed by atoms with E-state index < -0.39 is 34.7 Å². The third-order valence-corrected chi connectivity index (χ3v) is 6.40. The van der Waals surface area contributed by atoms with E-state index in [4.69, 9.17) is 9.47 Å². The molecule has 2 fully saturated rings. The van der Waals surface area contributed by atoms with Crippen LogP contribution in [0.3, 0.4) is 0 Å². The van der Waals surface area contributed by atoms with Gasteiger partial charge in [0, 0.05) is 11.3 Å². The summed E-state index contributed by atoms with van der Waals surface area (Å²) in [5.41, 5.74) is -1.15. The fourth-order valence-corrected chi connectivity index (χ4v) is 5.09. The van der Waals surface area contributed by atoms with Crippen molar-refractivity contribution in [2.75, 3.05) is 0 Å². The second kappa shape index (κ2) is 4.81. The van der Waals surface area contributed by atoms with Crippen LogP contribution >= 0.6 is 0 Å². The summed E-state index contributed by atoms with van der Waals surface area (Å²) in [5.74, 6) is -2.05. The van der Waals surface area contributed by atoms with Crippen LogP contribution in [0.25, 0.3) is 0 Å². The van der Waals surface area contributed by atoms with Crippen molar-refractivity contribution in [1.29, 1.82) is 0 Å². The van der Waals surface area contributed by atoms with Crippen molar-refractivity contribution in [1.82, 2.24) is 0 Å². The van der Waals surface area contributed by atoms with E-state index in [-0.39, 0.29) is 17.5 Å². The van der Waals surface area contributed by atoms with Gasteiger partial charge in [0.2, 0.25) is 0 Å². The summed E-state index contributed by atoms with van der Waals surface area (Å²) in [6, 6.07) is 5.20. The molecule has 0 bridgehead atoms. The Hall–Kier alpha value is -2.43. The SMILES string of the molecule is C=C[C@@]1(C)C[C@H]2OC(=O)[C@@H](C)[C@H]2[C@@]12C(=O)Oc1cccc(C)c1C2=O. The van der Waals surface area contributed by atoms with Crippen LogP contribution in [0, 0.1) is 29.6 Å². The minimum Gasteiger partial charge on any atom is -0.462 e. The molecule has 130 valence electrons. The standard InChI is InChI=1S/C20H20O5/c1-5-19(4)9-13-15(11(3)17(22)24-13)20(19)16(21)14-10(2)7-6-8-12(14)25-18(20)23/h5-8,11,13,15H,1,9H2,2-4H3/t11-,13+,15+,19-,20+/m0/s1. The van der Waals surface area contributed by atoms with Crippen LogP contribution in [0.4, 0.5) is 0 Å². The summed E-state index contributed by atoms with van der Waals surface area (Å²) >= 11 is 0. The number of ether oxygens (including phenoxy) is 2. The Morgan fingerprint density at radius 3 is 2.68 bits per heavy atom. The maximum absolute atomic E-state index is 13.7. The highest BCUT2D eigenvalue weighted by Crippen LogP contribution is 2.65. The molecule has 5 heteroatoms. The zero-order valence-electron chi connectivity index (χ0n) is 14.5. The third-order valence-electron chi connectivity index (χ3n) is 6.40. The summed E-state index contributed by atoms with van der Waals surface area (Å²) < 4.78 is 11.1. The molecular formula is C20H20O5. The van der Waals surface area contributed by atoms with E-state index in [1.807, 2.05) is 19.9 Å². The van der Waals surface area contributed by atoms with Gasteiger partial charge in [0.15, 0.2) is 5.78 Å². The lowest BCUT2D eigenvalue weighted by Crippen LogP contribution is -2.57. The number of Topliss-reactive ketones (excluding diaryl/α,β-unsaturated/α-hetero) is 1. The van der Waals surface area contributed by atoms with E-state index in [0.29, 0.717) is 12.0 Å². The van der Waals surface area contributed by atoms with Crippen molar-refractivity contribution in [3.8, 4) is 5.75 Å². The van der Waals surface area contributed by atoms with Gasteiger partial charge in [0.05, 0.1) is 11.5 Å². The third kappa shape index (κ3) is 1.66. The summed E-state index contributed by atoms with van der Waals surface area (Å²) in [6.07, 6.45) is 1.56. The number of esters is 2. The molecule has 1 aliphatic carbocycles. The zero-order valence-corrected chi connectivity index (χ0v) is 14.5. The monoisotopic (exact) mass is 340 g/mol. The lowest BCUT2D eigenvalue weighted by atomic mass is 9.56. The summed E-state index contributed by atoms with van der Waals surface area (Å²) in [5, 5.41) is 0. The van der Waals surface area contributed by atoms with E-state index >= 15 is 0 Å². The van der Waals surface area contributed by atoms with Crippen LogP contribution < -0.4 is 4.74 Å². The van der Waals surface area contributed by atoms with Gasteiger partial charge in [-0.1, -0.05) is 32.1 Å². The first-order valence-corrected chi connectivity index (χ1v) is 8.48. The van der Waals surface area contributed by atoms with Crippen molar-refractivity contribution < 1.29 is 23.9 Å². The minimum absolute atomic E-state index is 0.281. The highest BCUT2D eigenvalue weighted by Gasteiger charge is 2.75. The molecule has 1 spiro atoms. The molecule has 0 radical (unpaired) electrons. The van der Waals surface area contributed by atoms with Crippen LogP contribution in [0.5, 0.6) is 5.75 Å². The minimum atomic E-state index is -1.48. The molecule has 2 heterocycles. The number of ketones is 1. The van der Waals surface area contributed by atoms with Crippen molar-refractivity contribution in [2.45, 2.75) is 33.3 Å². The van der Waals surface area contributed by atoms with Crippen LogP contribution in [-0.2, 0) is 14.3 Å². The fraction of sp³-hybridized carbons (Fsp3) is 0.450. The molecule has 0 amide bonds. The van der Waals surface area contributed by atoms with Crippen molar-refractivity contribution in [3.05, 3.63) is 42.0 Å². The zero-order chi connectivity index (χ0) is 18.1. The Balaban J connectivity index is 2.01. The largest absolute Gasteiger partial charge is 0.462 e. The second-order valence-electron chi connectivity index (χ2n) is 7.59. The summed E-state index contributed by atoms with van der Waals surface area (Å²) in [7, 11) is 0. The van der Waals surface area contributed by atoms with Crippen molar-refractivity contribution in [2.24, 2.45) is 22.7 Å². The molecule has 0 aromatic heterocycles. The van der Waals surface area contributed by atoms with E-state index in [9.17, 15) is 14.4 Å². The van der Waals surface area contributed by atoms with E-state index in [0.717, 1.165) is 5.56 Å². The molecule has 0 N–H and O–H groups in total. The van der Waals surface area contributed by atoms with E-state index in [1.54, 1.807) is 25.1 Å². The maximum Gasteiger partial charge on any atom is 0.326 e. The number of aryl methyl sites for hydroxylation is 1. The Morgan fingerprint density at radius 2 is 2.00 bits per heavy atom. The molecule has 4 rings (SSSR count). The van der Waals surface area contributed by atoms with Crippen LogP contribution in [0.15, 0.2) is 30.9 Å². The number of fused-ring (bicyclic) bond motifs is 3. The smallest absolute Gasteiger partial charge is 0.326 e. The molecule has 25 heavy (non-hydrogen) atoms. The van der Waals surface area contributed by atoms with Gasteiger partial charge in [-0.25, -0.2) is 0 Å². The molecule has 1 aromatic rings. The lowest BCUT2D eigenvalue weighted by Gasteiger charge is -2.44. The lowest BCUT2D eigenvalue weighted by molar-refractivity contribution is -0.151. The van der Waals surface area contributed by atoms with Crippen molar-refractivity contribution in [3.63, 3.8) is 0 Å². The Bertz CT molecular complexity index is 840. The topological polar surface area (TPSA) is 69.7 Å². The molecule has 1 saturated heterocycles. The van der Waals surface area contributed by atoms with Crippen LogP contribution in [0.2, 0.25) is 0 Å². The maximum atomic E-state index is 13.7. The molecule has 2 aliphatic heterocycles. The van der Waals surface area contributed by atoms with Crippen molar-refractivity contribution >= 4 is 17.7 Å². The van der Waals surface area contributed by atoms with Gasteiger partial charge in [-0.05, 0) is 25.0 Å². The normalized spacial score (nSPS) is 39.0. The van der Waals surface area contributed by atoms with Gasteiger partial charge in [-0.3, -0.25) is 14.4 Å². The molecule has 1 saturated carbocycles. The van der Waals surface area contributed by atoms with Crippen LogP contribution in [-0.4, -0.2) is 23.8 Å². The number of allylic oxidation sites excluding steroid dienone is 1. The van der Waals surface area contributed by atoms with Gasteiger partial charge in [-0.15, -0.1) is 6.58 Å². The number of hydrogen-bond donors (Lipinski definition) is 0. The van der Waals surface area contributed by atoms with Crippen LogP contribution in [0.1, 0.15) is 36.2 Å². The molecule has 5 nitrogen and oxygen atoms in total. The Morgan fingerprint density at radius 1 is 1.28 bits per heavy atom. The highest BCUT2D eigenvalue weighted by atomic mass is 16.6. The van der Waals surface area contributed by atoms with E-state index in [1.165, 1.54) is 0 Å². The van der Waals surface area contributed by atoms with Gasteiger partial charge in [0.25, 0.3) is 0 Å². The number of carbonyl (C=O) groups excluding carboxylic acids is 3. The first-order valence-electron chi connectivity index (χ1n) is 8.48. The number of benzene rings is 1. The van der Waals surface area contributed by atoms with E-state index in [2.05, 4.69) is 6.58 Å². The first kappa shape index (κ1) is 16.1. The van der Waals surface area contributed by atoms with Gasteiger partial charge >= 0.3 is 11.9 Å². The van der Waals surface area contributed by atoms with Gasteiger partial charge in [0.1, 0.15) is 17.3 Å². The second-order valence-corrected chi connectivity index (χ2v) is 7.59. The Kier molecular flexibility index (Phi) is 3.09. The Labute approximate surface area is 146 Å². The highest BCUT2D eigenvalue weighted by molar-refractivity contribution is 6.19. The van der Waals surface area contributed by atoms with Gasteiger partial charge in [-0.2, -0.15) is 0 Å². The molecule has 3 aliphatic rings. The molecule has 1 aromatic carbocycles. The average molecular weight is 340 g/mol. The quantitative estimate of drug-likeness (QED) is 0.340. The molecule has 5 atom stereocenters. The first-order chi connectivity index (χ1) is 11.8. The number of rotatable bonds is 1. The average Bonchev–Trinajstić information content (AvgIpc) is 2.97. The predicted octanol–water partition coefficient (Wildman–Crippen LogP) is 2.86. The van der Waals surface area contributed by atoms with Gasteiger partial charge < -0.3 is 9.47 Å². The summed E-state index contributed by atoms with van der Waals surface area (Å²) in [6.45, 7) is 9.26. The molecule has 0 unspecified atom stereocenters.